The van der Waals surface area contributed by atoms with Gasteiger partial charge in [0.25, 0.3) is 0 Å². The van der Waals surface area contributed by atoms with Crippen molar-refractivity contribution in [3.05, 3.63) is 77.9 Å². The molecular weight excluding hydrogens is 316 g/mol. The normalized spacial score (nSPS) is 10.4. The lowest BCUT2D eigenvalue weighted by Crippen LogP contribution is -2.16. The molecule has 0 atom stereocenters. The number of rotatable bonds is 5. The van der Waals surface area contributed by atoms with E-state index in [1.165, 1.54) is 0 Å². The second kappa shape index (κ2) is 7.62. The average molecular weight is 334 g/mol. The standard InChI is InChI=1S/C21H18O4/c1-2-13-24-20(22)18-9-5-6-10-19(18)21(23)25-17-12-11-15-7-3-4-8-16(15)14-17/h3-12,14H,2,13H2,1H3. The minimum atomic E-state index is -0.584. The number of fused-ring (bicyclic) bond motifs is 1. The highest BCUT2D eigenvalue weighted by Gasteiger charge is 2.19. The Morgan fingerprint density at radius 3 is 2.16 bits per heavy atom. The Labute approximate surface area is 146 Å². The van der Waals surface area contributed by atoms with E-state index >= 15 is 0 Å². The van der Waals surface area contributed by atoms with Crippen LogP contribution in [0.15, 0.2) is 66.7 Å². The highest BCUT2D eigenvalue weighted by atomic mass is 16.5. The van der Waals surface area contributed by atoms with Gasteiger partial charge < -0.3 is 9.47 Å². The average Bonchev–Trinajstić information content (AvgIpc) is 2.66. The summed E-state index contributed by atoms with van der Waals surface area (Å²) in [5.41, 5.74) is 0.401. The third kappa shape index (κ3) is 3.86. The first-order valence-electron chi connectivity index (χ1n) is 8.16. The van der Waals surface area contributed by atoms with E-state index in [-0.39, 0.29) is 11.1 Å². The van der Waals surface area contributed by atoms with Crippen LogP contribution in [0.3, 0.4) is 0 Å². The summed E-state index contributed by atoms with van der Waals surface area (Å²) in [6.07, 6.45) is 0.718. The van der Waals surface area contributed by atoms with Crippen molar-refractivity contribution in [1.82, 2.24) is 0 Å². The summed E-state index contributed by atoms with van der Waals surface area (Å²) in [5.74, 6) is -0.673. The van der Waals surface area contributed by atoms with Gasteiger partial charge in [0.2, 0.25) is 0 Å². The molecule has 0 saturated carbocycles. The molecule has 3 aromatic carbocycles. The molecule has 4 nitrogen and oxygen atoms in total. The van der Waals surface area contributed by atoms with Crippen molar-refractivity contribution < 1.29 is 19.1 Å². The van der Waals surface area contributed by atoms with Gasteiger partial charge in [-0.25, -0.2) is 9.59 Å². The van der Waals surface area contributed by atoms with Crippen molar-refractivity contribution >= 4 is 22.7 Å². The molecule has 0 fully saturated rings. The van der Waals surface area contributed by atoms with Crippen molar-refractivity contribution in [3.63, 3.8) is 0 Å². The Morgan fingerprint density at radius 1 is 0.800 bits per heavy atom. The van der Waals surface area contributed by atoms with Gasteiger partial charge in [-0.1, -0.05) is 49.4 Å². The molecular formula is C21H18O4. The maximum atomic E-state index is 12.5. The van der Waals surface area contributed by atoms with E-state index < -0.39 is 11.9 Å². The van der Waals surface area contributed by atoms with Gasteiger partial charge in [0.05, 0.1) is 17.7 Å². The highest BCUT2D eigenvalue weighted by molar-refractivity contribution is 6.04. The van der Waals surface area contributed by atoms with Crippen LogP contribution >= 0.6 is 0 Å². The molecule has 25 heavy (non-hydrogen) atoms. The molecule has 0 bridgehead atoms. The van der Waals surface area contributed by atoms with Crippen LogP contribution in [-0.2, 0) is 4.74 Å². The van der Waals surface area contributed by atoms with Crippen LogP contribution in [0.1, 0.15) is 34.1 Å². The highest BCUT2D eigenvalue weighted by Crippen LogP contribution is 2.22. The predicted molar refractivity (Wildman–Crippen MR) is 95.9 cm³/mol. The lowest BCUT2D eigenvalue weighted by molar-refractivity contribution is 0.0496. The van der Waals surface area contributed by atoms with Crippen molar-refractivity contribution in [3.8, 4) is 5.75 Å². The molecule has 0 aliphatic rings. The number of hydrogen-bond acceptors (Lipinski definition) is 4. The van der Waals surface area contributed by atoms with Gasteiger partial charge in [0, 0.05) is 0 Å². The number of benzene rings is 3. The number of esters is 2. The molecule has 0 aliphatic heterocycles. The summed E-state index contributed by atoms with van der Waals surface area (Å²) in [6, 6.07) is 19.7. The summed E-state index contributed by atoms with van der Waals surface area (Å²) in [7, 11) is 0. The first-order valence-corrected chi connectivity index (χ1v) is 8.16. The number of carbonyl (C=O) groups excluding carboxylic acids is 2. The van der Waals surface area contributed by atoms with Crippen molar-refractivity contribution in [1.29, 1.82) is 0 Å². The number of ether oxygens (including phenoxy) is 2. The van der Waals surface area contributed by atoms with Gasteiger partial charge in [-0.15, -0.1) is 0 Å². The van der Waals surface area contributed by atoms with Crippen LogP contribution in [0.5, 0.6) is 5.75 Å². The zero-order chi connectivity index (χ0) is 17.6. The molecule has 0 heterocycles. The molecule has 126 valence electrons. The molecule has 0 N–H and O–H groups in total. The third-order valence-corrected chi connectivity index (χ3v) is 3.74. The summed E-state index contributed by atoms with van der Waals surface area (Å²) >= 11 is 0. The zero-order valence-electron chi connectivity index (χ0n) is 13.9. The lowest BCUT2D eigenvalue weighted by atomic mass is 10.1. The van der Waals surface area contributed by atoms with Crippen LogP contribution < -0.4 is 4.74 Å². The topological polar surface area (TPSA) is 52.6 Å². The summed E-state index contributed by atoms with van der Waals surface area (Å²) in [4.78, 5) is 24.6. The smallest absolute Gasteiger partial charge is 0.344 e. The van der Waals surface area contributed by atoms with E-state index in [1.807, 2.05) is 37.3 Å². The van der Waals surface area contributed by atoms with Gasteiger partial charge in [-0.3, -0.25) is 0 Å². The van der Waals surface area contributed by atoms with E-state index in [4.69, 9.17) is 9.47 Å². The lowest BCUT2D eigenvalue weighted by Gasteiger charge is -2.09. The second-order valence-corrected chi connectivity index (χ2v) is 5.58. The molecule has 4 heteroatoms. The first-order chi connectivity index (χ1) is 12.2. The maximum absolute atomic E-state index is 12.5. The summed E-state index contributed by atoms with van der Waals surface area (Å²) < 4.78 is 10.6. The molecule has 3 rings (SSSR count). The minimum absolute atomic E-state index is 0.191. The molecule has 0 aromatic heterocycles. The number of hydrogen-bond donors (Lipinski definition) is 0. The summed E-state index contributed by atoms with van der Waals surface area (Å²) in [6.45, 7) is 2.22. The maximum Gasteiger partial charge on any atom is 0.344 e. The fraction of sp³-hybridized carbons (Fsp3) is 0.143. The number of carbonyl (C=O) groups is 2. The van der Waals surface area contributed by atoms with Gasteiger partial charge in [0.1, 0.15) is 5.75 Å². The van der Waals surface area contributed by atoms with Gasteiger partial charge in [-0.2, -0.15) is 0 Å². The largest absolute Gasteiger partial charge is 0.462 e. The van der Waals surface area contributed by atoms with E-state index in [1.54, 1.807) is 36.4 Å². The Kier molecular flexibility index (Phi) is 5.09. The van der Waals surface area contributed by atoms with Crippen LogP contribution in [0.25, 0.3) is 10.8 Å². The van der Waals surface area contributed by atoms with Crippen molar-refractivity contribution in [2.75, 3.05) is 6.61 Å². The van der Waals surface area contributed by atoms with E-state index in [2.05, 4.69) is 0 Å². The quantitative estimate of drug-likeness (QED) is 0.504. The van der Waals surface area contributed by atoms with Crippen LogP contribution in [0, 0.1) is 0 Å². The molecule has 0 unspecified atom stereocenters. The van der Waals surface area contributed by atoms with Crippen LogP contribution in [-0.4, -0.2) is 18.5 Å². The molecule has 0 aliphatic carbocycles. The van der Waals surface area contributed by atoms with Crippen LogP contribution in [0.4, 0.5) is 0 Å². The van der Waals surface area contributed by atoms with E-state index in [9.17, 15) is 9.59 Å². The molecule has 0 spiro atoms. The molecule has 0 saturated heterocycles. The van der Waals surface area contributed by atoms with E-state index in [0.29, 0.717) is 12.4 Å². The Balaban J connectivity index is 1.84. The molecule has 0 radical (unpaired) electrons. The Hall–Kier alpha value is -3.14. The van der Waals surface area contributed by atoms with Gasteiger partial charge >= 0.3 is 11.9 Å². The first kappa shape index (κ1) is 16.7. The zero-order valence-corrected chi connectivity index (χ0v) is 13.9. The second-order valence-electron chi connectivity index (χ2n) is 5.58. The van der Waals surface area contributed by atoms with Gasteiger partial charge in [0.15, 0.2) is 0 Å². The third-order valence-electron chi connectivity index (χ3n) is 3.74. The molecule has 0 amide bonds. The van der Waals surface area contributed by atoms with Crippen LogP contribution in [0.2, 0.25) is 0 Å². The monoisotopic (exact) mass is 334 g/mol. The molecule has 3 aromatic rings. The predicted octanol–water partition coefficient (Wildman–Crippen LogP) is 4.63. The van der Waals surface area contributed by atoms with Crippen molar-refractivity contribution in [2.45, 2.75) is 13.3 Å². The van der Waals surface area contributed by atoms with Gasteiger partial charge in [-0.05, 0) is 41.5 Å². The Bertz CT molecular complexity index is 914. The van der Waals surface area contributed by atoms with Crippen molar-refractivity contribution in [2.24, 2.45) is 0 Å². The fourth-order valence-electron chi connectivity index (χ4n) is 2.50. The van der Waals surface area contributed by atoms with E-state index in [0.717, 1.165) is 17.2 Å². The SMILES string of the molecule is CCCOC(=O)c1ccccc1C(=O)Oc1ccc2ccccc2c1. The fourth-order valence-corrected chi connectivity index (χ4v) is 2.50. The minimum Gasteiger partial charge on any atom is -0.462 e. The Morgan fingerprint density at radius 2 is 1.44 bits per heavy atom. The summed E-state index contributed by atoms with van der Waals surface area (Å²) in [5, 5.41) is 2.04.